The second-order valence-electron chi connectivity index (χ2n) is 8.77. The van der Waals surface area contributed by atoms with Gasteiger partial charge in [0.05, 0.1) is 5.56 Å². The SMILES string of the molecule is CC(C)[C@@H]1CC[C@@H](C)C[C@H]1OC(=O)c1cnc(Cl)c2c1C1CCC2C1. The van der Waals surface area contributed by atoms with Crippen molar-refractivity contribution >= 4 is 17.6 Å². The summed E-state index contributed by atoms with van der Waals surface area (Å²) in [5.74, 6) is 2.40. The number of halogens is 1. The van der Waals surface area contributed by atoms with Gasteiger partial charge in [0.1, 0.15) is 11.3 Å². The van der Waals surface area contributed by atoms with E-state index in [-0.39, 0.29) is 12.1 Å². The molecule has 0 aliphatic heterocycles. The molecule has 2 saturated carbocycles. The number of aromatic nitrogens is 1. The van der Waals surface area contributed by atoms with Crippen molar-refractivity contribution in [1.82, 2.24) is 4.98 Å². The molecular formula is C21H28ClNO2. The molecule has 5 atom stereocenters. The minimum Gasteiger partial charge on any atom is -0.458 e. The average Bonchev–Trinajstić information content (AvgIpc) is 3.17. The van der Waals surface area contributed by atoms with Crippen LogP contribution in [0.1, 0.15) is 92.6 Å². The van der Waals surface area contributed by atoms with Crippen molar-refractivity contribution in [3.05, 3.63) is 28.0 Å². The molecule has 0 spiro atoms. The van der Waals surface area contributed by atoms with E-state index in [9.17, 15) is 4.79 Å². The molecule has 2 fully saturated rings. The number of carbonyl (C=O) groups excluding carboxylic acids is 1. The van der Waals surface area contributed by atoms with Crippen LogP contribution in [0.25, 0.3) is 0 Å². The molecule has 2 bridgehead atoms. The van der Waals surface area contributed by atoms with E-state index in [4.69, 9.17) is 16.3 Å². The second-order valence-corrected chi connectivity index (χ2v) is 9.12. The molecule has 3 nitrogen and oxygen atoms in total. The van der Waals surface area contributed by atoms with Crippen LogP contribution in [-0.4, -0.2) is 17.1 Å². The number of nitrogens with zero attached hydrogens (tertiary/aromatic N) is 1. The van der Waals surface area contributed by atoms with Crippen LogP contribution >= 0.6 is 11.6 Å². The molecule has 3 aliphatic rings. The Labute approximate surface area is 155 Å². The van der Waals surface area contributed by atoms with Gasteiger partial charge in [0.15, 0.2) is 0 Å². The second kappa shape index (κ2) is 6.57. The lowest BCUT2D eigenvalue weighted by atomic mass is 9.75. The third-order valence-electron chi connectivity index (χ3n) is 6.80. The van der Waals surface area contributed by atoms with Crippen molar-refractivity contribution in [2.75, 3.05) is 0 Å². The Kier molecular flexibility index (Phi) is 4.56. The van der Waals surface area contributed by atoms with Crippen molar-refractivity contribution in [2.45, 2.75) is 77.2 Å². The molecule has 1 heterocycles. The summed E-state index contributed by atoms with van der Waals surface area (Å²) in [6, 6.07) is 0. The molecule has 0 amide bonds. The summed E-state index contributed by atoms with van der Waals surface area (Å²) >= 11 is 6.35. The van der Waals surface area contributed by atoms with Crippen molar-refractivity contribution in [3.63, 3.8) is 0 Å². The molecule has 25 heavy (non-hydrogen) atoms. The Bertz CT molecular complexity index is 687. The Morgan fingerprint density at radius 3 is 2.60 bits per heavy atom. The Morgan fingerprint density at radius 1 is 1.16 bits per heavy atom. The third kappa shape index (κ3) is 2.99. The maximum absolute atomic E-state index is 13.0. The van der Waals surface area contributed by atoms with Gasteiger partial charge in [0.2, 0.25) is 0 Å². The molecule has 136 valence electrons. The van der Waals surface area contributed by atoms with Gasteiger partial charge in [-0.15, -0.1) is 0 Å². The first kappa shape index (κ1) is 17.3. The van der Waals surface area contributed by atoms with Crippen molar-refractivity contribution in [2.24, 2.45) is 17.8 Å². The zero-order valence-electron chi connectivity index (χ0n) is 15.4. The minimum absolute atomic E-state index is 0.0289. The summed E-state index contributed by atoms with van der Waals surface area (Å²) in [6.07, 6.45) is 8.50. The largest absolute Gasteiger partial charge is 0.458 e. The molecule has 0 radical (unpaired) electrons. The topological polar surface area (TPSA) is 39.2 Å². The van der Waals surface area contributed by atoms with Crippen LogP contribution in [0.4, 0.5) is 0 Å². The number of rotatable bonds is 3. The standard InChI is InChI=1S/C21H28ClNO2/c1-11(2)15-7-4-12(3)8-17(15)25-21(24)16-10-23-20(22)19-14-6-5-13(9-14)18(16)19/h10-15,17H,4-9H2,1-3H3/t12-,13?,14?,15+,17-/m1/s1. The summed E-state index contributed by atoms with van der Waals surface area (Å²) in [5, 5.41) is 0.588. The lowest BCUT2D eigenvalue weighted by Gasteiger charge is -2.36. The smallest absolute Gasteiger partial charge is 0.340 e. The van der Waals surface area contributed by atoms with Crippen LogP contribution in [0.2, 0.25) is 5.15 Å². The number of fused-ring (bicyclic) bond motifs is 5. The van der Waals surface area contributed by atoms with Crippen LogP contribution in [-0.2, 0) is 4.74 Å². The first-order valence-corrected chi connectivity index (χ1v) is 10.2. The highest BCUT2D eigenvalue weighted by molar-refractivity contribution is 6.30. The zero-order chi connectivity index (χ0) is 17.7. The van der Waals surface area contributed by atoms with E-state index in [0.29, 0.717) is 40.3 Å². The monoisotopic (exact) mass is 361 g/mol. The maximum atomic E-state index is 13.0. The molecule has 2 unspecified atom stereocenters. The van der Waals surface area contributed by atoms with Gasteiger partial charge in [-0.3, -0.25) is 0 Å². The Balaban J connectivity index is 1.60. The van der Waals surface area contributed by atoms with E-state index >= 15 is 0 Å². The number of hydrogen-bond donors (Lipinski definition) is 0. The molecule has 3 aliphatic carbocycles. The zero-order valence-corrected chi connectivity index (χ0v) is 16.2. The number of ether oxygens (including phenoxy) is 1. The van der Waals surface area contributed by atoms with Gasteiger partial charge < -0.3 is 4.74 Å². The fraction of sp³-hybridized carbons (Fsp3) is 0.714. The third-order valence-corrected chi connectivity index (χ3v) is 7.10. The molecule has 0 saturated heterocycles. The molecule has 4 rings (SSSR count). The van der Waals surface area contributed by atoms with Gasteiger partial charge in [-0.05, 0) is 72.8 Å². The van der Waals surface area contributed by atoms with Crippen molar-refractivity contribution < 1.29 is 9.53 Å². The normalized spacial score (nSPS) is 33.6. The van der Waals surface area contributed by atoms with Crippen molar-refractivity contribution in [3.8, 4) is 0 Å². The molecule has 4 heteroatoms. The predicted molar refractivity (Wildman–Crippen MR) is 99.1 cm³/mol. The van der Waals surface area contributed by atoms with Gasteiger partial charge >= 0.3 is 5.97 Å². The molecule has 0 aromatic carbocycles. The van der Waals surface area contributed by atoms with Gasteiger partial charge in [-0.2, -0.15) is 0 Å². The number of carbonyl (C=O) groups is 1. The highest BCUT2D eigenvalue weighted by Gasteiger charge is 2.42. The fourth-order valence-electron chi connectivity index (χ4n) is 5.46. The summed E-state index contributed by atoms with van der Waals surface area (Å²) in [7, 11) is 0. The number of esters is 1. The Morgan fingerprint density at radius 2 is 1.88 bits per heavy atom. The Hall–Kier alpha value is -1.09. The molecule has 1 aromatic heterocycles. The van der Waals surface area contributed by atoms with Gasteiger partial charge in [0, 0.05) is 6.20 Å². The predicted octanol–water partition coefficient (Wildman–Crippen LogP) is 5.72. The molecular weight excluding hydrogens is 334 g/mol. The van der Waals surface area contributed by atoms with Crippen LogP contribution < -0.4 is 0 Å². The van der Waals surface area contributed by atoms with Crippen molar-refractivity contribution in [1.29, 1.82) is 0 Å². The molecule has 1 aromatic rings. The number of pyridine rings is 1. The van der Waals surface area contributed by atoms with E-state index in [1.165, 1.54) is 12.8 Å². The first-order chi connectivity index (χ1) is 12.0. The minimum atomic E-state index is -0.183. The van der Waals surface area contributed by atoms with Crippen LogP contribution in [0.3, 0.4) is 0 Å². The van der Waals surface area contributed by atoms with E-state index in [1.54, 1.807) is 6.20 Å². The highest BCUT2D eigenvalue weighted by atomic mass is 35.5. The van der Waals surface area contributed by atoms with Crippen LogP contribution in [0, 0.1) is 17.8 Å². The maximum Gasteiger partial charge on any atom is 0.340 e. The lowest BCUT2D eigenvalue weighted by Crippen LogP contribution is -2.36. The first-order valence-electron chi connectivity index (χ1n) is 9.85. The summed E-state index contributed by atoms with van der Waals surface area (Å²) in [6.45, 7) is 6.74. The summed E-state index contributed by atoms with van der Waals surface area (Å²) < 4.78 is 6.07. The lowest BCUT2D eigenvalue weighted by molar-refractivity contribution is -0.0175. The van der Waals surface area contributed by atoms with Gasteiger partial charge in [-0.25, -0.2) is 9.78 Å². The summed E-state index contributed by atoms with van der Waals surface area (Å²) in [4.78, 5) is 17.3. The van der Waals surface area contributed by atoms with E-state index in [2.05, 4.69) is 25.8 Å². The van der Waals surface area contributed by atoms with E-state index in [0.717, 1.165) is 36.8 Å². The van der Waals surface area contributed by atoms with E-state index < -0.39 is 0 Å². The van der Waals surface area contributed by atoms with Gasteiger partial charge in [0.25, 0.3) is 0 Å². The quantitative estimate of drug-likeness (QED) is 0.510. The van der Waals surface area contributed by atoms with Crippen LogP contribution in [0.5, 0.6) is 0 Å². The van der Waals surface area contributed by atoms with Crippen LogP contribution in [0.15, 0.2) is 6.20 Å². The molecule has 0 N–H and O–H groups in total. The average molecular weight is 362 g/mol. The number of hydrogen-bond acceptors (Lipinski definition) is 3. The summed E-state index contributed by atoms with van der Waals surface area (Å²) in [5.41, 5.74) is 2.95. The van der Waals surface area contributed by atoms with E-state index in [1.807, 2.05) is 0 Å². The highest BCUT2D eigenvalue weighted by Crippen LogP contribution is 2.55. The fourth-order valence-corrected chi connectivity index (χ4v) is 5.77. The van der Waals surface area contributed by atoms with Gasteiger partial charge in [-0.1, -0.05) is 38.8 Å².